The Kier molecular flexibility index (Phi) is 4.34. The summed E-state index contributed by atoms with van der Waals surface area (Å²) in [6, 6.07) is 17.2. The Hall–Kier alpha value is -2.09. The molecule has 0 aromatic heterocycles. The van der Waals surface area contributed by atoms with E-state index >= 15 is 0 Å². The van der Waals surface area contributed by atoms with Gasteiger partial charge in [0.1, 0.15) is 5.75 Å². The first-order chi connectivity index (χ1) is 10.3. The molecule has 0 saturated heterocycles. The maximum absolute atomic E-state index is 12.5. The minimum Gasteiger partial charge on any atom is -0.423 e. The average Bonchev–Trinajstić information content (AvgIpc) is 2.56. The molecule has 1 aliphatic carbocycles. The van der Waals surface area contributed by atoms with E-state index in [1.165, 1.54) is 32.1 Å². The van der Waals surface area contributed by atoms with Crippen molar-refractivity contribution in [3.8, 4) is 5.75 Å². The number of hydrogen-bond donors (Lipinski definition) is 0. The molecule has 2 nitrogen and oxygen atoms in total. The number of esters is 1. The highest BCUT2D eigenvalue weighted by Crippen LogP contribution is 2.34. The van der Waals surface area contributed by atoms with Crippen molar-refractivity contribution >= 4 is 5.97 Å². The minimum atomic E-state index is -0.248. The van der Waals surface area contributed by atoms with Gasteiger partial charge in [0.15, 0.2) is 0 Å². The van der Waals surface area contributed by atoms with Gasteiger partial charge in [-0.15, -0.1) is 0 Å². The van der Waals surface area contributed by atoms with Crippen molar-refractivity contribution in [3.05, 3.63) is 65.7 Å². The minimum absolute atomic E-state index is 0.248. The van der Waals surface area contributed by atoms with Crippen molar-refractivity contribution in [1.29, 1.82) is 0 Å². The monoisotopic (exact) mass is 280 g/mol. The Bertz CT molecular complexity index is 598. The molecule has 2 aromatic carbocycles. The zero-order valence-corrected chi connectivity index (χ0v) is 12.1. The first-order valence-electron chi connectivity index (χ1n) is 7.71. The molecule has 2 aromatic rings. The van der Waals surface area contributed by atoms with Crippen LogP contribution in [0.1, 0.15) is 53.9 Å². The molecule has 0 heterocycles. The molecule has 21 heavy (non-hydrogen) atoms. The molecule has 2 heteroatoms. The number of carbonyl (C=O) groups excluding carboxylic acids is 1. The van der Waals surface area contributed by atoms with Gasteiger partial charge in [-0.05, 0) is 42.5 Å². The molecule has 108 valence electrons. The van der Waals surface area contributed by atoms with E-state index < -0.39 is 0 Å². The molecule has 0 unspecified atom stereocenters. The van der Waals surface area contributed by atoms with Crippen molar-refractivity contribution in [2.75, 3.05) is 0 Å². The number of benzene rings is 2. The van der Waals surface area contributed by atoms with Gasteiger partial charge < -0.3 is 4.74 Å². The van der Waals surface area contributed by atoms with Crippen molar-refractivity contribution in [2.45, 2.75) is 38.0 Å². The third-order valence-electron chi connectivity index (χ3n) is 4.18. The van der Waals surface area contributed by atoms with Crippen LogP contribution in [0, 0.1) is 0 Å². The van der Waals surface area contributed by atoms with Gasteiger partial charge in [-0.25, -0.2) is 4.79 Å². The highest BCUT2D eigenvalue weighted by molar-refractivity contribution is 5.92. The summed E-state index contributed by atoms with van der Waals surface area (Å²) in [5.74, 6) is 0.849. The molecule has 0 bridgehead atoms. The molecule has 3 rings (SSSR count). The summed E-state index contributed by atoms with van der Waals surface area (Å²) in [6.45, 7) is 0. The van der Waals surface area contributed by atoms with Crippen LogP contribution in [0.4, 0.5) is 0 Å². The molecule has 0 amide bonds. The molecular weight excluding hydrogens is 260 g/mol. The largest absolute Gasteiger partial charge is 0.423 e. The van der Waals surface area contributed by atoms with Gasteiger partial charge in [0, 0.05) is 0 Å². The summed E-state index contributed by atoms with van der Waals surface area (Å²) in [6.07, 6.45) is 6.18. The average molecular weight is 280 g/mol. The first-order valence-corrected chi connectivity index (χ1v) is 7.71. The van der Waals surface area contributed by atoms with Crippen molar-refractivity contribution in [2.24, 2.45) is 0 Å². The highest BCUT2D eigenvalue weighted by atomic mass is 16.5. The number of hydrogen-bond acceptors (Lipinski definition) is 2. The first kappa shape index (κ1) is 13.9. The molecule has 0 spiro atoms. The van der Waals surface area contributed by atoms with E-state index in [0.29, 0.717) is 17.2 Å². The van der Waals surface area contributed by atoms with Crippen molar-refractivity contribution in [1.82, 2.24) is 0 Å². The third kappa shape index (κ3) is 3.33. The summed E-state index contributed by atoms with van der Waals surface area (Å²) in [5, 5.41) is 0. The van der Waals surface area contributed by atoms with Crippen LogP contribution in [0.3, 0.4) is 0 Å². The van der Waals surface area contributed by atoms with E-state index in [1.807, 2.05) is 36.4 Å². The Morgan fingerprint density at radius 2 is 1.52 bits per heavy atom. The van der Waals surface area contributed by atoms with Crippen LogP contribution in [-0.4, -0.2) is 5.97 Å². The van der Waals surface area contributed by atoms with Crippen LogP contribution in [-0.2, 0) is 0 Å². The Balaban J connectivity index is 1.82. The molecule has 1 saturated carbocycles. The van der Waals surface area contributed by atoms with Crippen molar-refractivity contribution in [3.63, 3.8) is 0 Å². The Morgan fingerprint density at radius 3 is 2.29 bits per heavy atom. The second-order valence-corrected chi connectivity index (χ2v) is 5.62. The molecule has 0 aliphatic heterocycles. The smallest absolute Gasteiger partial charge is 0.343 e. The number of ether oxygens (including phenoxy) is 1. The topological polar surface area (TPSA) is 26.3 Å². The maximum atomic E-state index is 12.5. The van der Waals surface area contributed by atoms with E-state index in [4.69, 9.17) is 4.74 Å². The zero-order chi connectivity index (χ0) is 14.5. The van der Waals surface area contributed by atoms with Gasteiger partial charge in [0.25, 0.3) is 0 Å². The summed E-state index contributed by atoms with van der Waals surface area (Å²) < 4.78 is 5.49. The van der Waals surface area contributed by atoms with Crippen LogP contribution in [0.5, 0.6) is 5.75 Å². The lowest BCUT2D eigenvalue weighted by Crippen LogP contribution is -2.14. The van der Waals surface area contributed by atoms with E-state index in [2.05, 4.69) is 6.07 Å². The van der Waals surface area contributed by atoms with E-state index in [9.17, 15) is 4.79 Å². The fourth-order valence-electron chi connectivity index (χ4n) is 3.10. The van der Waals surface area contributed by atoms with Crippen LogP contribution in [0.15, 0.2) is 54.6 Å². The predicted octanol–water partition coefficient (Wildman–Crippen LogP) is 4.95. The normalized spacial score (nSPS) is 15.6. The zero-order valence-electron chi connectivity index (χ0n) is 12.1. The molecule has 1 fully saturated rings. The van der Waals surface area contributed by atoms with E-state index in [-0.39, 0.29) is 5.97 Å². The Morgan fingerprint density at radius 1 is 0.857 bits per heavy atom. The molecular formula is C19H20O2. The second kappa shape index (κ2) is 6.57. The summed E-state index contributed by atoms with van der Waals surface area (Å²) in [4.78, 5) is 12.5. The van der Waals surface area contributed by atoms with Gasteiger partial charge >= 0.3 is 5.97 Å². The molecule has 1 aliphatic rings. The van der Waals surface area contributed by atoms with Gasteiger partial charge in [0.2, 0.25) is 0 Å². The van der Waals surface area contributed by atoms with Crippen LogP contribution >= 0.6 is 0 Å². The lowest BCUT2D eigenvalue weighted by atomic mass is 9.82. The van der Waals surface area contributed by atoms with Gasteiger partial charge in [0.05, 0.1) is 5.56 Å². The molecule has 0 radical (unpaired) electrons. The van der Waals surface area contributed by atoms with Crippen LogP contribution < -0.4 is 4.74 Å². The molecule has 0 atom stereocenters. The Labute approximate surface area is 125 Å². The number of carbonyl (C=O) groups is 1. The van der Waals surface area contributed by atoms with E-state index in [0.717, 1.165) is 5.56 Å². The SMILES string of the molecule is O=C(Oc1ccccc1)c1ccccc1C1CCCCC1. The number of rotatable bonds is 3. The fraction of sp³-hybridized carbons (Fsp3) is 0.316. The van der Waals surface area contributed by atoms with E-state index in [1.54, 1.807) is 12.1 Å². The second-order valence-electron chi connectivity index (χ2n) is 5.62. The predicted molar refractivity (Wildman–Crippen MR) is 83.7 cm³/mol. The maximum Gasteiger partial charge on any atom is 0.343 e. The van der Waals surface area contributed by atoms with Gasteiger partial charge in [-0.3, -0.25) is 0 Å². The van der Waals surface area contributed by atoms with Crippen molar-refractivity contribution < 1.29 is 9.53 Å². The van der Waals surface area contributed by atoms with Crippen LogP contribution in [0.25, 0.3) is 0 Å². The van der Waals surface area contributed by atoms with Gasteiger partial charge in [-0.1, -0.05) is 55.7 Å². The fourth-order valence-corrected chi connectivity index (χ4v) is 3.10. The lowest BCUT2D eigenvalue weighted by molar-refractivity contribution is 0.0732. The standard InChI is InChI=1S/C19H20O2/c20-19(21-16-11-5-2-6-12-16)18-14-8-7-13-17(18)15-9-3-1-4-10-15/h2,5-8,11-15H,1,3-4,9-10H2. The van der Waals surface area contributed by atoms with Gasteiger partial charge in [-0.2, -0.15) is 0 Å². The summed E-state index contributed by atoms with van der Waals surface area (Å²) >= 11 is 0. The lowest BCUT2D eigenvalue weighted by Gasteiger charge is -2.23. The quantitative estimate of drug-likeness (QED) is 0.587. The van der Waals surface area contributed by atoms with Crippen LogP contribution in [0.2, 0.25) is 0 Å². The highest BCUT2D eigenvalue weighted by Gasteiger charge is 2.22. The summed E-state index contributed by atoms with van der Waals surface area (Å²) in [5.41, 5.74) is 1.87. The third-order valence-corrected chi connectivity index (χ3v) is 4.18. The number of para-hydroxylation sites is 1. The molecule has 0 N–H and O–H groups in total. The summed E-state index contributed by atoms with van der Waals surface area (Å²) in [7, 11) is 0.